The van der Waals surface area contributed by atoms with Gasteiger partial charge in [0.15, 0.2) is 0 Å². The number of halogens is 1. The van der Waals surface area contributed by atoms with E-state index in [1.807, 2.05) is 13.0 Å². The number of hydrogen-bond donors (Lipinski definition) is 2. The van der Waals surface area contributed by atoms with E-state index in [-0.39, 0.29) is 0 Å². The van der Waals surface area contributed by atoms with Crippen LogP contribution in [0.4, 0.5) is 0 Å². The molecule has 2 nitrogen and oxygen atoms in total. The van der Waals surface area contributed by atoms with Crippen LogP contribution in [0.15, 0.2) is 18.2 Å². The number of benzene rings is 1. The van der Waals surface area contributed by atoms with E-state index >= 15 is 0 Å². The normalized spacial score (nSPS) is 15.5. The summed E-state index contributed by atoms with van der Waals surface area (Å²) in [5.41, 5.74) is 1.61. The van der Waals surface area contributed by atoms with Crippen LogP contribution >= 0.6 is 11.6 Å². The zero-order valence-electron chi connectivity index (χ0n) is 7.66. The van der Waals surface area contributed by atoms with E-state index in [9.17, 15) is 5.11 Å². The highest BCUT2D eigenvalue weighted by Gasteiger charge is 2.16. The maximum atomic E-state index is 9.54. The SMILES string of the molecule is Cc1ccc([C@@H](O)[C@@H](C)O)c(Cl)c1. The van der Waals surface area contributed by atoms with E-state index in [2.05, 4.69) is 0 Å². The summed E-state index contributed by atoms with van der Waals surface area (Å²) in [6.45, 7) is 3.45. The van der Waals surface area contributed by atoms with Crippen LogP contribution in [0.5, 0.6) is 0 Å². The number of aliphatic hydroxyl groups is 2. The first-order chi connectivity index (χ1) is 6.02. The molecule has 13 heavy (non-hydrogen) atoms. The lowest BCUT2D eigenvalue weighted by atomic mass is 10.0. The van der Waals surface area contributed by atoms with Gasteiger partial charge in [0.2, 0.25) is 0 Å². The van der Waals surface area contributed by atoms with Crippen molar-refractivity contribution in [3.05, 3.63) is 34.3 Å². The average molecular weight is 201 g/mol. The summed E-state index contributed by atoms with van der Waals surface area (Å²) >= 11 is 5.90. The van der Waals surface area contributed by atoms with Crippen LogP contribution in [0.2, 0.25) is 5.02 Å². The second kappa shape index (κ2) is 4.09. The predicted molar refractivity (Wildman–Crippen MR) is 52.8 cm³/mol. The molecule has 0 fully saturated rings. The van der Waals surface area contributed by atoms with E-state index < -0.39 is 12.2 Å². The van der Waals surface area contributed by atoms with Gasteiger partial charge in [0.1, 0.15) is 6.10 Å². The molecule has 1 rings (SSSR count). The van der Waals surface area contributed by atoms with Crippen molar-refractivity contribution < 1.29 is 10.2 Å². The Labute approximate surface area is 82.8 Å². The Morgan fingerprint density at radius 3 is 2.38 bits per heavy atom. The molecule has 72 valence electrons. The lowest BCUT2D eigenvalue weighted by Crippen LogP contribution is -2.14. The predicted octanol–water partition coefficient (Wildman–Crippen LogP) is 2.06. The van der Waals surface area contributed by atoms with Gasteiger partial charge in [-0.1, -0.05) is 23.7 Å². The number of aryl methyl sites for hydroxylation is 1. The lowest BCUT2D eigenvalue weighted by molar-refractivity contribution is 0.0306. The van der Waals surface area contributed by atoms with Crippen molar-refractivity contribution in [3.63, 3.8) is 0 Å². The Morgan fingerprint density at radius 2 is 1.92 bits per heavy atom. The molecule has 0 amide bonds. The highest BCUT2D eigenvalue weighted by molar-refractivity contribution is 6.31. The van der Waals surface area contributed by atoms with Crippen molar-refractivity contribution in [3.8, 4) is 0 Å². The van der Waals surface area contributed by atoms with Gasteiger partial charge in [-0.2, -0.15) is 0 Å². The minimum atomic E-state index is -0.909. The molecule has 3 heteroatoms. The van der Waals surface area contributed by atoms with Gasteiger partial charge in [-0.3, -0.25) is 0 Å². The second-order valence-electron chi connectivity index (χ2n) is 3.21. The molecule has 0 aliphatic carbocycles. The first-order valence-corrected chi connectivity index (χ1v) is 4.52. The molecule has 0 aromatic heterocycles. The monoisotopic (exact) mass is 200 g/mol. The number of aliphatic hydroxyl groups excluding tert-OH is 2. The van der Waals surface area contributed by atoms with E-state index in [0.717, 1.165) is 5.56 Å². The van der Waals surface area contributed by atoms with Gasteiger partial charge < -0.3 is 10.2 Å². The van der Waals surface area contributed by atoms with E-state index in [0.29, 0.717) is 10.6 Å². The largest absolute Gasteiger partial charge is 0.390 e. The average Bonchev–Trinajstić information content (AvgIpc) is 2.03. The molecule has 1 aromatic carbocycles. The first-order valence-electron chi connectivity index (χ1n) is 4.14. The highest BCUT2D eigenvalue weighted by Crippen LogP contribution is 2.25. The van der Waals surface area contributed by atoms with Crippen molar-refractivity contribution >= 4 is 11.6 Å². The molecule has 2 atom stereocenters. The fourth-order valence-electron chi connectivity index (χ4n) is 1.13. The highest BCUT2D eigenvalue weighted by atomic mass is 35.5. The molecular formula is C10H13ClO2. The molecule has 0 saturated heterocycles. The fraction of sp³-hybridized carbons (Fsp3) is 0.400. The second-order valence-corrected chi connectivity index (χ2v) is 3.62. The van der Waals surface area contributed by atoms with Crippen LogP contribution in [0.3, 0.4) is 0 Å². The summed E-state index contributed by atoms with van der Waals surface area (Å²) in [5.74, 6) is 0. The van der Waals surface area contributed by atoms with E-state index in [1.165, 1.54) is 6.92 Å². The molecule has 0 spiro atoms. The van der Waals surface area contributed by atoms with Crippen LogP contribution in [-0.2, 0) is 0 Å². The summed E-state index contributed by atoms with van der Waals surface area (Å²) in [6.07, 6.45) is -1.71. The Hall–Kier alpha value is -0.570. The van der Waals surface area contributed by atoms with Crippen molar-refractivity contribution in [2.75, 3.05) is 0 Å². The molecule has 0 aliphatic rings. The standard InChI is InChI=1S/C10H13ClO2/c1-6-3-4-8(9(11)5-6)10(13)7(2)12/h3-5,7,10,12-13H,1-2H3/t7-,10+/m1/s1. The molecule has 0 aliphatic heterocycles. The van der Waals surface area contributed by atoms with Crippen LogP contribution in [0, 0.1) is 6.92 Å². The van der Waals surface area contributed by atoms with Crippen LogP contribution in [-0.4, -0.2) is 16.3 Å². The molecular weight excluding hydrogens is 188 g/mol. The zero-order chi connectivity index (χ0) is 10.0. The molecule has 0 unspecified atom stereocenters. The minimum absolute atomic E-state index is 0.494. The summed E-state index contributed by atoms with van der Waals surface area (Å²) < 4.78 is 0. The van der Waals surface area contributed by atoms with Crippen LogP contribution < -0.4 is 0 Å². The maximum Gasteiger partial charge on any atom is 0.106 e. The molecule has 0 saturated carbocycles. The van der Waals surface area contributed by atoms with Gasteiger partial charge in [0, 0.05) is 10.6 Å². The summed E-state index contributed by atoms with van der Waals surface area (Å²) in [5, 5.41) is 19.2. The number of hydrogen-bond acceptors (Lipinski definition) is 2. The van der Waals surface area contributed by atoms with Gasteiger partial charge in [0.05, 0.1) is 6.10 Å². The Kier molecular flexibility index (Phi) is 3.31. The molecule has 0 heterocycles. The van der Waals surface area contributed by atoms with Crippen molar-refractivity contribution in [2.45, 2.75) is 26.1 Å². The van der Waals surface area contributed by atoms with Gasteiger partial charge >= 0.3 is 0 Å². The Morgan fingerprint density at radius 1 is 1.31 bits per heavy atom. The van der Waals surface area contributed by atoms with Gasteiger partial charge in [-0.05, 0) is 25.5 Å². The van der Waals surface area contributed by atoms with Crippen LogP contribution in [0.1, 0.15) is 24.2 Å². The summed E-state index contributed by atoms with van der Waals surface area (Å²) in [7, 11) is 0. The smallest absolute Gasteiger partial charge is 0.106 e. The molecule has 2 N–H and O–H groups in total. The van der Waals surface area contributed by atoms with Crippen molar-refractivity contribution in [2.24, 2.45) is 0 Å². The van der Waals surface area contributed by atoms with E-state index in [4.69, 9.17) is 16.7 Å². The number of rotatable bonds is 2. The zero-order valence-corrected chi connectivity index (χ0v) is 8.42. The third-order valence-electron chi connectivity index (χ3n) is 1.93. The molecule has 0 radical (unpaired) electrons. The lowest BCUT2D eigenvalue weighted by Gasteiger charge is -2.15. The summed E-state index contributed by atoms with van der Waals surface area (Å²) in [6, 6.07) is 5.35. The van der Waals surface area contributed by atoms with Gasteiger partial charge in [-0.25, -0.2) is 0 Å². The third kappa shape index (κ3) is 2.44. The minimum Gasteiger partial charge on any atom is -0.390 e. The fourth-order valence-corrected chi connectivity index (χ4v) is 1.48. The Balaban J connectivity index is 3.01. The third-order valence-corrected chi connectivity index (χ3v) is 2.26. The van der Waals surface area contributed by atoms with E-state index in [1.54, 1.807) is 12.1 Å². The summed E-state index contributed by atoms with van der Waals surface area (Å²) in [4.78, 5) is 0. The topological polar surface area (TPSA) is 40.5 Å². The quantitative estimate of drug-likeness (QED) is 0.768. The van der Waals surface area contributed by atoms with Crippen LogP contribution in [0.25, 0.3) is 0 Å². The maximum absolute atomic E-state index is 9.54. The Bertz CT molecular complexity index is 297. The van der Waals surface area contributed by atoms with Crippen molar-refractivity contribution in [1.29, 1.82) is 0 Å². The van der Waals surface area contributed by atoms with Gasteiger partial charge in [-0.15, -0.1) is 0 Å². The van der Waals surface area contributed by atoms with Gasteiger partial charge in [0.25, 0.3) is 0 Å². The first kappa shape index (κ1) is 10.5. The van der Waals surface area contributed by atoms with Crippen molar-refractivity contribution in [1.82, 2.24) is 0 Å². The molecule has 0 bridgehead atoms. The molecule has 1 aromatic rings.